The predicted molar refractivity (Wildman–Crippen MR) is 72.8 cm³/mol. The van der Waals surface area contributed by atoms with Gasteiger partial charge in [0.2, 0.25) is 5.91 Å². The van der Waals surface area contributed by atoms with Crippen molar-refractivity contribution in [3.63, 3.8) is 0 Å². The van der Waals surface area contributed by atoms with Crippen LogP contribution in [0, 0.1) is 11.8 Å². The Hall–Kier alpha value is -1.78. The number of H-pyrrole nitrogens is 1. The van der Waals surface area contributed by atoms with E-state index in [-0.39, 0.29) is 11.3 Å². The molecule has 0 saturated heterocycles. The van der Waals surface area contributed by atoms with Gasteiger partial charge < -0.3 is 15.4 Å². The van der Waals surface area contributed by atoms with Gasteiger partial charge in [-0.1, -0.05) is 27.7 Å². The van der Waals surface area contributed by atoms with Crippen molar-refractivity contribution in [1.82, 2.24) is 10.3 Å². The Morgan fingerprint density at radius 3 is 2.47 bits per heavy atom. The average molecular weight is 266 g/mol. The number of aliphatic carboxylic acids is 1. The molecule has 0 fully saturated rings. The first kappa shape index (κ1) is 15.3. The molecule has 0 saturated carbocycles. The van der Waals surface area contributed by atoms with Crippen molar-refractivity contribution in [3.8, 4) is 0 Å². The highest BCUT2D eigenvalue weighted by atomic mass is 16.4. The first-order valence-electron chi connectivity index (χ1n) is 6.39. The fraction of sp³-hybridized carbons (Fsp3) is 0.571. The molecule has 1 amide bonds. The summed E-state index contributed by atoms with van der Waals surface area (Å²) in [5, 5.41) is 11.8. The van der Waals surface area contributed by atoms with E-state index in [2.05, 4.69) is 10.3 Å². The monoisotopic (exact) mass is 266 g/mol. The topological polar surface area (TPSA) is 82.2 Å². The maximum atomic E-state index is 11.9. The number of carbonyl (C=O) groups excluding carboxylic acids is 1. The van der Waals surface area contributed by atoms with Crippen molar-refractivity contribution in [1.29, 1.82) is 0 Å². The SMILES string of the molecule is CC(C)C(C(=O)O)C(=O)NCC(C)(C)c1cc[nH]c1. The Morgan fingerprint density at radius 1 is 1.42 bits per heavy atom. The zero-order chi connectivity index (χ0) is 14.6. The van der Waals surface area contributed by atoms with Crippen LogP contribution >= 0.6 is 0 Å². The minimum Gasteiger partial charge on any atom is -0.481 e. The molecule has 106 valence electrons. The summed E-state index contributed by atoms with van der Waals surface area (Å²) in [5.41, 5.74) is 0.833. The minimum atomic E-state index is -1.08. The quantitative estimate of drug-likeness (QED) is 0.686. The molecule has 0 aliphatic carbocycles. The van der Waals surface area contributed by atoms with Gasteiger partial charge in [-0.05, 0) is 17.5 Å². The molecule has 0 aliphatic rings. The molecule has 0 spiro atoms. The standard InChI is InChI=1S/C14H22N2O3/c1-9(2)11(13(18)19)12(17)16-8-14(3,4)10-5-6-15-7-10/h5-7,9,11,15H,8H2,1-4H3,(H,16,17)(H,18,19). The second-order valence-electron chi connectivity index (χ2n) is 5.76. The molecule has 1 aromatic rings. The molecular formula is C14H22N2O3. The lowest BCUT2D eigenvalue weighted by Gasteiger charge is -2.25. The maximum absolute atomic E-state index is 11.9. The van der Waals surface area contributed by atoms with Crippen molar-refractivity contribution < 1.29 is 14.7 Å². The number of amides is 1. The Bertz CT molecular complexity index is 436. The summed E-state index contributed by atoms with van der Waals surface area (Å²) in [6.45, 7) is 7.87. The van der Waals surface area contributed by atoms with Crippen molar-refractivity contribution >= 4 is 11.9 Å². The number of nitrogens with one attached hydrogen (secondary N) is 2. The van der Waals surface area contributed by atoms with Gasteiger partial charge in [0.15, 0.2) is 0 Å². The summed E-state index contributed by atoms with van der Waals surface area (Å²) in [4.78, 5) is 26.0. The highest BCUT2D eigenvalue weighted by molar-refractivity contribution is 5.97. The summed E-state index contributed by atoms with van der Waals surface area (Å²) in [5.74, 6) is -2.73. The summed E-state index contributed by atoms with van der Waals surface area (Å²) in [6, 6.07) is 1.95. The van der Waals surface area contributed by atoms with E-state index in [1.165, 1.54) is 0 Å². The van der Waals surface area contributed by atoms with E-state index in [0.717, 1.165) is 5.56 Å². The van der Waals surface area contributed by atoms with Gasteiger partial charge in [-0.2, -0.15) is 0 Å². The molecule has 1 heterocycles. The van der Waals surface area contributed by atoms with E-state index < -0.39 is 17.8 Å². The van der Waals surface area contributed by atoms with Crippen LogP contribution in [-0.2, 0) is 15.0 Å². The van der Waals surface area contributed by atoms with Crippen LogP contribution in [0.3, 0.4) is 0 Å². The average Bonchev–Trinajstić information content (AvgIpc) is 2.79. The van der Waals surface area contributed by atoms with E-state index in [9.17, 15) is 9.59 Å². The Morgan fingerprint density at radius 2 is 2.05 bits per heavy atom. The number of hydrogen-bond donors (Lipinski definition) is 3. The van der Waals surface area contributed by atoms with E-state index in [4.69, 9.17) is 5.11 Å². The van der Waals surface area contributed by atoms with Crippen molar-refractivity contribution in [2.75, 3.05) is 6.54 Å². The van der Waals surface area contributed by atoms with Gasteiger partial charge in [0, 0.05) is 24.4 Å². The molecule has 1 atom stereocenters. The van der Waals surface area contributed by atoms with Crippen LogP contribution < -0.4 is 5.32 Å². The second-order valence-corrected chi connectivity index (χ2v) is 5.76. The zero-order valence-corrected chi connectivity index (χ0v) is 11.9. The third kappa shape index (κ3) is 3.84. The molecule has 5 heteroatoms. The largest absolute Gasteiger partial charge is 0.481 e. The predicted octanol–water partition coefficient (Wildman–Crippen LogP) is 1.77. The fourth-order valence-corrected chi connectivity index (χ4v) is 1.97. The molecule has 1 aromatic heterocycles. The number of hydrogen-bond acceptors (Lipinski definition) is 2. The molecule has 0 radical (unpaired) electrons. The lowest BCUT2D eigenvalue weighted by Crippen LogP contribution is -2.43. The summed E-state index contributed by atoms with van der Waals surface area (Å²) in [6.07, 6.45) is 3.70. The molecule has 0 aliphatic heterocycles. The molecule has 1 rings (SSSR count). The lowest BCUT2D eigenvalue weighted by atomic mass is 9.86. The molecule has 0 aromatic carbocycles. The summed E-state index contributed by atoms with van der Waals surface area (Å²) in [7, 11) is 0. The van der Waals surface area contributed by atoms with Crippen molar-refractivity contribution in [2.24, 2.45) is 11.8 Å². The van der Waals surface area contributed by atoms with Gasteiger partial charge in [0.25, 0.3) is 0 Å². The highest BCUT2D eigenvalue weighted by Crippen LogP contribution is 2.22. The summed E-state index contributed by atoms with van der Waals surface area (Å²) >= 11 is 0. The van der Waals surface area contributed by atoms with Crippen molar-refractivity contribution in [2.45, 2.75) is 33.1 Å². The highest BCUT2D eigenvalue weighted by Gasteiger charge is 2.31. The van der Waals surface area contributed by atoms with Gasteiger partial charge in [-0.15, -0.1) is 0 Å². The first-order chi connectivity index (χ1) is 8.75. The number of aromatic nitrogens is 1. The van der Waals surface area contributed by atoms with Crippen LogP contribution in [-0.4, -0.2) is 28.5 Å². The Balaban J connectivity index is 2.66. The van der Waals surface area contributed by atoms with Gasteiger partial charge in [-0.25, -0.2) is 0 Å². The van der Waals surface area contributed by atoms with Crippen LogP contribution in [0.25, 0.3) is 0 Å². The number of rotatable bonds is 6. The molecule has 5 nitrogen and oxygen atoms in total. The van der Waals surface area contributed by atoms with E-state index in [0.29, 0.717) is 6.54 Å². The molecule has 0 bridgehead atoms. The van der Waals surface area contributed by atoms with Crippen LogP contribution in [0.5, 0.6) is 0 Å². The van der Waals surface area contributed by atoms with Gasteiger partial charge >= 0.3 is 5.97 Å². The fourth-order valence-electron chi connectivity index (χ4n) is 1.97. The zero-order valence-electron chi connectivity index (χ0n) is 11.9. The van der Waals surface area contributed by atoms with Crippen LogP contribution in [0.4, 0.5) is 0 Å². The van der Waals surface area contributed by atoms with Crippen LogP contribution in [0.2, 0.25) is 0 Å². The van der Waals surface area contributed by atoms with E-state index in [1.54, 1.807) is 13.8 Å². The first-order valence-corrected chi connectivity index (χ1v) is 6.39. The van der Waals surface area contributed by atoms with Gasteiger partial charge in [0.1, 0.15) is 5.92 Å². The minimum absolute atomic E-state index is 0.229. The summed E-state index contributed by atoms with van der Waals surface area (Å²) < 4.78 is 0. The third-order valence-electron chi connectivity index (χ3n) is 3.30. The van der Waals surface area contributed by atoms with Crippen LogP contribution in [0.15, 0.2) is 18.5 Å². The third-order valence-corrected chi connectivity index (χ3v) is 3.30. The van der Waals surface area contributed by atoms with Gasteiger partial charge in [0.05, 0.1) is 0 Å². The van der Waals surface area contributed by atoms with Crippen LogP contribution in [0.1, 0.15) is 33.3 Å². The molecular weight excluding hydrogens is 244 g/mol. The molecule has 19 heavy (non-hydrogen) atoms. The number of carboxylic acids is 1. The number of aromatic amines is 1. The molecule has 3 N–H and O–H groups in total. The number of carboxylic acid groups (broad SMARTS) is 1. The lowest BCUT2D eigenvalue weighted by molar-refractivity contribution is -0.148. The second kappa shape index (κ2) is 5.91. The van der Waals surface area contributed by atoms with Crippen molar-refractivity contribution in [3.05, 3.63) is 24.0 Å². The smallest absolute Gasteiger partial charge is 0.316 e. The maximum Gasteiger partial charge on any atom is 0.316 e. The normalized spacial score (nSPS) is 13.3. The Kier molecular flexibility index (Phi) is 4.75. The van der Waals surface area contributed by atoms with E-state index >= 15 is 0 Å². The van der Waals surface area contributed by atoms with Gasteiger partial charge in [-0.3, -0.25) is 9.59 Å². The Labute approximate surface area is 113 Å². The molecule has 1 unspecified atom stereocenters. The van der Waals surface area contributed by atoms with E-state index in [1.807, 2.05) is 32.3 Å². The number of carbonyl (C=O) groups is 2.